The van der Waals surface area contributed by atoms with Crippen molar-refractivity contribution in [3.63, 3.8) is 0 Å². The molecule has 2 aliphatic rings. The predicted molar refractivity (Wildman–Crippen MR) is 100 cm³/mol. The third kappa shape index (κ3) is 3.78. The summed E-state index contributed by atoms with van der Waals surface area (Å²) < 4.78 is 12.8. The second-order valence-corrected chi connectivity index (χ2v) is 7.38. The number of amides is 1. The third-order valence-corrected chi connectivity index (χ3v) is 5.39. The number of para-hydroxylation sites is 1. The first-order valence-electron chi connectivity index (χ1n) is 9.63. The smallest absolute Gasteiger partial charge is 0.272 e. The summed E-state index contributed by atoms with van der Waals surface area (Å²) in [7, 11) is 1.82. The molecule has 0 aliphatic carbocycles. The van der Waals surface area contributed by atoms with E-state index in [9.17, 15) is 4.79 Å². The third-order valence-electron chi connectivity index (χ3n) is 5.39. The molecule has 0 saturated carbocycles. The van der Waals surface area contributed by atoms with Gasteiger partial charge in [-0.2, -0.15) is 5.10 Å². The number of benzene rings is 1. The Bertz CT molecular complexity index is 827. The maximum absolute atomic E-state index is 13.3. The van der Waals surface area contributed by atoms with Crippen molar-refractivity contribution < 1.29 is 19.2 Å². The van der Waals surface area contributed by atoms with Gasteiger partial charge in [-0.15, -0.1) is 0 Å². The molecule has 1 aromatic heterocycles. The number of nitrogens with one attached hydrogen (secondary N) is 1. The summed E-state index contributed by atoms with van der Waals surface area (Å²) in [4.78, 5) is 16.8. The van der Waals surface area contributed by atoms with E-state index in [1.54, 1.807) is 9.58 Å². The molecule has 1 N–H and O–H groups in total. The van der Waals surface area contributed by atoms with Crippen LogP contribution < -0.4 is 14.4 Å². The number of rotatable bonds is 6. The van der Waals surface area contributed by atoms with Crippen molar-refractivity contribution >= 4 is 5.91 Å². The van der Waals surface area contributed by atoms with Gasteiger partial charge >= 0.3 is 0 Å². The number of carbonyl (C=O) groups is 1. The van der Waals surface area contributed by atoms with Gasteiger partial charge in [-0.25, -0.2) is 0 Å². The topological polar surface area (TPSA) is 61.0 Å². The molecule has 7 nitrogen and oxygen atoms in total. The minimum Gasteiger partial charge on any atom is -0.454 e. The Balaban J connectivity index is 1.56. The lowest BCUT2D eigenvalue weighted by Crippen LogP contribution is -3.10. The minimum atomic E-state index is 0.00761. The summed E-state index contributed by atoms with van der Waals surface area (Å²) in [5.41, 5.74) is 2.45. The number of hydrogen-bond donors (Lipinski definition) is 1. The molecule has 144 valence electrons. The molecule has 1 saturated heterocycles. The lowest BCUT2D eigenvalue weighted by atomic mass is 10.1. The molecule has 2 aromatic rings. The molecule has 1 aromatic carbocycles. The zero-order valence-corrected chi connectivity index (χ0v) is 16.0. The van der Waals surface area contributed by atoms with Crippen LogP contribution in [0, 0.1) is 6.92 Å². The van der Waals surface area contributed by atoms with Crippen LogP contribution in [-0.4, -0.2) is 53.6 Å². The van der Waals surface area contributed by atoms with E-state index in [-0.39, 0.29) is 12.7 Å². The lowest BCUT2D eigenvalue weighted by molar-refractivity contribution is -0.886. The summed E-state index contributed by atoms with van der Waals surface area (Å²) in [6.07, 6.45) is 2.56. The van der Waals surface area contributed by atoms with Crippen molar-refractivity contribution in [1.82, 2.24) is 14.7 Å². The molecule has 0 spiro atoms. The molecule has 3 heterocycles. The van der Waals surface area contributed by atoms with Gasteiger partial charge in [-0.05, 0) is 19.1 Å². The molecule has 0 unspecified atom stereocenters. The van der Waals surface area contributed by atoms with Crippen LogP contribution in [0.3, 0.4) is 0 Å². The molecule has 1 amide bonds. The molecule has 0 radical (unpaired) electrons. The number of likely N-dealkylation sites (tertiary alicyclic amines) is 1. The maximum Gasteiger partial charge on any atom is 0.272 e. The van der Waals surface area contributed by atoms with E-state index in [1.165, 1.54) is 25.9 Å². The van der Waals surface area contributed by atoms with Gasteiger partial charge in [-0.3, -0.25) is 9.48 Å². The average Bonchev–Trinajstić information content (AvgIpc) is 3.39. The van der Waals surface area contributed by atoms with Crippen LogP contribution in [0.4, 0.5) is 0 Å². The molecule has 0 bridgehead atoms. The van der Waals surface area contributed by atoms with Crippen LogP contribution in [0.5, 0.6) is 11.5 Å². The van der Waals surface area contributed by atoms with E-state index in [0.717, 1.165) is 29.3 Å². The Hall–Kier alpha value is -2.54. The summed E-state index contributed by atoms with van der Waals surface area (Å²) in [5, 5.41) is 4.34. The number of aromatic nitrogens is 2. The van der Waals surface area contributed by atoms with Crippen molar-refractivity contribution in [3.8, 4) is 11.5 Å². The van der Waals surface area contributed by atoms with Crippen LogP contribution in [0.2, 0.25) is 0 Å². The van der Waals surface area contributed by atoms with Gasteiger partial charge in [0.25, 0.3) is 5.91 Å². The molecule has 2 aliphatic heterocycles. The molecular weight excluding hydrogens is 344 g/mol. The van der Waals surface area contributed by atoms with Crippen LogP contribution in [0.15, 0.2) is 24.3 Å². The summed E-state index contributed by atoms with van der Waals surface area (Å²) in [6, 6.07) is 7.71. The van der Waals surface area contributed by atoms with E-state index in [1.807, 2.05) is 43.1 Å². The van der Waals surface area contributed by atoms with Gasteiger partial charge in [-0.1, -0.05) is 12.1 Å². The van der Waals surface area contributed by atoms with Crippen molar-refractivity contribution in [2.45, 2.75) is 26.3 Å². The van der Waals surface area contributed by atoms with E-state index >= 15 is 0 Å². The Morgan fingerprint density at radius 3 is 2.85 bits per heavy atom. The van der Waals surface area contributed by atoms with Crippen molar-refractivity contribution in [3.05, 3.63) is 41.2 Å². The second-order valence-electron chi connectivity index (χ2n) is 7.38. The van der Waals surface area contributed by atoms with E-state index < -0.39 is 0 Å². The van der Waals surface area contributed by atoms with Gasteiger partial charge in [0, 0.05) is 25.5 Å². The van der Waals surface area contributed by atoms with Gasteiger partial charge in [0.1, 0.15) is 5.69 Å². The Labute approximate surface area is 159 Å². The normalized spacial score (nSPS) is 16.1. The molecule has 27 heavy (non-hydrogen) atoms. The number of quaternary nitrogens is 1. The van der Waals surface area contributed by atoms with Crippen molar-refractivity contribution in [2.75, 3.05) is 33.0 Å². The number of carbonyl (C=O) groups excluding carboxylic acids is 1. The first-order valence-corrected chi connectivity index (χ1v) is 9.63. The molecule has 7 heteroatoms. The SMILES string of the molecule is Cc1cc(C(=O)N(CC[NH+]2CCCC2)Cc2cccc3c2OCO3)n(C)n1. The standard InChI is InChI=1S/C20H26N4O3/c1-15-12-17(22(2)21-15)20(25)24(11-10-23-8-3-4-9-23)13-16-6-5-7-18-19(16)27-14-26-18/h5-7,12H,3-4,8-11,13-14H2,1-2H3/p+1. The second kappa shape index (κ2) is 7.60. The number of nitrogens with zero attached hydrogens (tertiary/aromatic N) is 3. The first-order chi connectivity index (χ1) is 13.1. The highest BCUT2D eigenvalue weighted by molar-refractivity contribution is 5.92. The zero-order valence-electron chi connectivity index (χ0n) is 16.0. The van der Waals surface area contributed by atoms with Crippen molar-refractivity contribution in [1.29, 1.82) is 0 Å². The van der Waals surface area contributed by atoms with E-state index in [0.29, 0.717) is 18.8 Å². The monoisotopic (exact) mass is 371 g/mol. The van der Waals surface area contributed by atoms with Gasteiger partial charge in [0.15, 0.2) is 11.5 Å². The van der Waals surface area contributed by atoms with Crippen LogP contribution >= 0.6 is 0 Å². The lowest BCUT2D eigenvalue weighted by Gasteiger charge is -2.24. The largest absolute Gasteiger partial charge is 0.454 e. The molecular formula is C20H27N4O3+. The summed E-state index contributed by atoms with van der Waals surface area (Å²) in [6.45, 7) is 6.72. The van der Waals surface area contributed by atoms with E-state index in [4.69, 9.17) is 9.47 Å². The quantitative estimate of drug-likeness (QED) is 0.815. The highest BCUT2D eigenvalue weighted by atomic mass is 16.7. The fraction of sp³-hybridized carbons (Fsp3) is 0.500. The van der Waals surface area contributed by atoms with Gasteiger partial charge in [0.2, 0.25) is 6.79 Å². The van der Waals surface area contributed by atoms with E-state index in [2.05, 4.69) is 5.10 Å². The summed E-state index contributed by atoms with van der Waals surface area (Å²) >= 11 is 0. The van der Waals surface area contributed by atoms with Gasteiger partial charge < -0.3 is 19.3 Å². The number of aryl methyl sites for hydroxylation is 2. The minimum absolute atomic E-state index is 0.00761. The van der Waals surface area contributed by atoms with Crippen molar-refractivity contribution in [2.24, 2.45) is 7.05 Å². The number of ether oxygens (including phenoxy) is 2. The Morgan fingerprint density at radius 2 is 2.11 bits per heavy atom. The average molecular weight is 371 g/mol. The fourth-order valence-corrected chi connectivity index (χ4v) is 3.96. The Kier molecular flexibility index (Phi) is 5.03. The number of fused-ring (bicyclic) bond motifs is 1. The predicted octanol–water partition coefficient (Wildman–Crippen LogP) is 0.778. The molecule has 1 fully saturated rings. The fourth-order valence-electron chi connectivity index (χ4n) is 3.96. The molecule has 0 atom stereocenters. The summed E-state index contributed by atoms with van der Waals surface area (Å²) in [5.74, 6) is 1.51. The first kappa shape index (κ1) is 17.9. The highest BCUT2D eigenvalue weighted by Crippen LogP contribution is 2.36. The van der Waals surface area contributed by atoms with Crippen LogP contribution in [0.25, 0.3) is 0 Å². The highest BCUT2D eigenvalue weighted by Gasteiger charge is 2.26. The Morgan fingerprint density at radius 1 is 1.30 bits per heavy atom. The zero-order chi connectivity index (χ0) is 18.8. The van der Waals surface area contributed by atoms with Crippen LogP contribution in [-0.2, 0) is 13.6 Å². The van der Waals surface area contributed by atoms with Crippen LogP contribution in [0.1, 0.15) is 34.6 Å². The number of hydrogen-bond acceptors (Lipinski definition) is 4. The van der Waals surface area contributed by atoms with Gasteiger partial charge in [0.05, 0.1) is 38.4 Å². The molecule has 4 rings (SSSR count). The maximum atomic E-state index is 13.3.